The van der Waals surface area contributed by atoms with E-state index in [1.165, 1.54) is 0 Å². The summed E-state index contributed by atoms with van der Waals surface area (Å²) in [4.78, 5) is 31.9. The average Bonchev–Trinajstić information content (AvgIpc) is 2.16. The van der Waals surface area contributed by atoms with Gasteiger partial charge in [-0.25, -0.2) is 4.79 Å². The normalized spacial score (nSPS) is 10.6. The summed E-state index contributed by atoms with van der Waals surface area (Å²) in [5.74, 6) is -4.21. The summed E-state index contributed by atoms with van der Waals surface area (Å²) in [6, 6.07) is 0. The maximum Gasteiger partial charge on any atom is 0.336 e. The van der Waals surface area contributed by atoms with E-state index in [0.717, 1.165) is 0 Å². The molecule has 7 nitrogen and oxygen atoms in total. The number of hydrogen-bond donors (Lipinski definition) is 2. The van der Waals surface area contributed by atoms with Crippen LogP contribution in [0.15, 0.2) is 0 Å². The van der Waals surface area contributed by atoms with Gasteiger partial charge in [0.25, 0.3) is 0 Å². The minimum Gasteiger partial charge on any atom is -0.479 e. The molecule has 86 valence electrons. The number of hydrogen-bond acceptors (Lipinski definition) is 6. The topological polar surface area (TPSA) is 110 Å². The number of carbonyl (C=O) groups excluding carboxylic acids is 2. The second-order valence-corrected chi connectivity index (χ2v) is 2.90. The number of carbonyl (C=O) groups is 3. The molecule has 0 aromatic heterocycles. The van der Waals surface area contributed by atoms with Gasteiger partial charge in [-0.05, 0) is 0 Å². The molecule has 2 N–H and O–H groups in total. The van der Waals surface area contributed by atoms with Gasteiger partial charge >= 0.3 is 17.9 Å². The minimum absolute atomic E-state index is 1.00. The lowest BCUT2D eigenvalue weighted by Crippen LogP contribution is -2.42. The minimum atomic E-state index is -2.65. The molecule has 0 aliphatic rings. The van der Waals surface area contributed by atoms with Crippen LogP contribution >= 0.6 is 23.7 Å². The van der Waals surface area contributed by atoms with Gasteiger partial charge in [-0.15, -0.1) is 0 Å². The molecule has 0 unspecified atom stereocenters. The van der Waals surface area contributed by atoms with Gasteiger partial charge in [-0.3, -0.25) is 9.59 Å². The lowest BCUT2D eigenvalue weighted by molar-refractivity contribution is -0.169. The maximum absolute atomic E-state index is 10.6. The maximum atomic E-state index is 10.6. The Morgan fingerprint density at radius 1 is 1.07 bits per heavy atom. The van der Waals surface area contributed by atoms with Crippen molar-refractivity contribution in [1.82, 2.24) is 0 Å². The van der Waals surface area contributed by atoms with Crippen LogP contribution in [0.1, 0.15) is 12.8 Å². The molecule has 0 aromatic rings. The van der Waals surface area contributed by atoms with E-state index in [4.69, 9.17) is 5.11 Å². The van der Waals surface area contributed by atoms with Crippen LogP contribution in [-0.4, -0.2) is 33.7 Å². The second-order valence-electron chi connectivity index (χ2n) is 2.59. The van der Waals surface area contributed by atoms with Gasteiger partial charge < -0.3 is 18.8 Å². The first-order valence-electron chi connectivity index (χ1n) is 3.44. The van der Waals surface area contributed by atoms with Crippen LogP contribution in [0.3, 0.4) is 0 Å². The van der Waals surface area contributed by atoms with E-state index in [1.54, 1.807) is 0 Å². The van der Waals surface area contributed by atoms with E-state index in [9.17, 15) is 19.5 Å². The Hall–Kier alpha value is -1.05. The standard InChI is InChI=1S/C6H6Cl2O7/c7-14-3(9)1-6(13,5(11)12)2-4(10)15-8/h13H,1-2H2,(H,11,12). The summed E-state index contributed by atoms with van der Waals surface area (Å²) < 4.78 is 7.27. The molecule has 0 rings (SSSR count). The fourth-order valence-corrected chi connectivity index (χ4v) is 0.855. The monoisotopic (exact) mass is 260 g/mol. The van der Waals surface area contributed by atoms with Crippen molar-refractivity contribution < 1.29 is 33.2 Å². The Morgan fingerprint density at radius 3 is 1.60 bits per heavy atom. The highest BCUT2D eigenvalue weighted by molar-refractivity contribution is 6.14. The summed E-state index contributed by atoms with van der Waals surface area (Å²) in [6.45, 7) is 0. The van der Waals surface area contributed by atoms with Gasteiger partial charge in [0, 0.05) is 0 Å². The molecule has 15 heavy (non-hydrogen) atoms. The van der Waals surface area contributed by atoms with Crippen molar-refractivity contribution in [2.24, 2.45) is 0 Å². The third-order valence-electron chi connectivity index (χ3n) is 1.44. The summed E-state index contributed by atoms with van der Waals surface area (Å²) in [5.41, 5.74) is -2.65. The van der Waals surface area contributed by atoms with E-state index in [2.05, 4.69) is 32.3 Å². The SMILES string of the molecule is O=C(CC(O)(CC(=O)OCl)C(=O)O)OCl. The lowest BCUT2D eigenvalue weighted by Gasteiger charge is -2.19. The first-order valence-corrected chi connectivity index (χ1v) is 4.06. The third-order valence-corrected chi connectivity index (χ3v) is 1.79. The Balaban J connectivity index is 4.67. The number of carboxylic acid groups (broad SMARTS) is 1. The smallest absolute Gasteiger partial charge is 0.336 e. The van der Waals surface area contributed by atoms with Crippen molar-refractivity contribution >= 4 is 41.6 Å². The number of halogens is 2. The van der Waals surface area contributed by atoms with Gasteiger partial charge in [-0.2, -0.15) is 0 Å². The van der Waals surface area contributed by atoms with Crippen molar-refractivity contribution in [3.05, 3.63) is 0 Å². The quantitative estimate of drug-likeness (QED) is 0.715. The van der Waals surface area contributed by atoms with E-state index in [-0.39, 0.29) is 0 Å². The predicted octanol–water partition coefficient (Wildman–Crippen LogP) is -0.0237. The molecule has 0 bridgehead atoms. The molecule has 0 aliphatic heterocycles. The zero-order valence-corrected chi connectivity index (χ0v) is 8.62. The lowest BCUT2D eigenvalue weighted by atomic mass is 9.96. The molecule has 0 radical (unpaired) electrons. The Bertz CT molecular complexity index is 259. The summed E-state index contributed by atoms with van der Waals surface area (Å²) in [5, 5.41) is 17.9. The van der Waals surface area contributed by atoms with Gasteiger partial charge in [0.2, 0.25) is 0 Å². The van der Waals surface area contributed by atoms with Crippen molar-refractivity contribution in [2.75, 3.05) is 0 Å². The highest BCUT2D eigenvalue weighted by atomic mass is 35.5. The molecule has 0 heterocycles. The fourth-order valence-electron chi connectivity index (χ4n) is 0.746. The average molecular weight is 261 g/mol. The summed E-state index contributed by atoms with van der Waals surface area (Å²) >= 11 is 9.27. The van der Waals surface area contributed by atoms with E-state index in [1.807, 2.05) is 0 Å². The summed E-state index contributed by atoms with van der Waals surface area (Å²) in [6.07, 6.45) is -2.00. The van der Waals surface area contributed by atoms with Gasteiger partial charge in [0.15, 0.2) is 5.60 Å². The zero-order chi connectivity index (χ0) is 12.1. The molecular formula is C6H6Cl2O7. The van der Waals surface area contributed by atoms with Crippen molar-refractivity contribution in [3.63, 3.8) is 0 Å². The molecule has 0 fully saturated rings. The number of aliphatic hydroxyl groups is 1. The Morgan fingerprint density at radius 2 is 1.40 bits per heavy atom. The predicted molar refractivity (Wildman–Crippen MR) is 45.7 cm³/mol. The molecule has 0 atom stereocenters. The number of carboxylic acids is 1. The van der Waals surface area contributed by atoms with Crippen LogP contribution in [0.2, 0.25) is 0 Å². The molecule has 9 heteroatoms. The Kier molecular flexibility index (Phi) is 5.34. The molecule has 0 spiro atoms. The van der Waals surface area contributed by atoms with Crippen LogP contribution < -0.4 is 0 Å². The highest BCUT2D eigenvalue weighted by Crippen LogP contribution is 2.18. The number of rotatable bonds is 5. The highest BCUT2D eigenvalue weighted by Gasteiger charge is 2.42. The van der Waals surface area contributed by atoms with Crippen molar-refractivity contribution in [2.45, 2.75) is 18.4 Å². The molecular weight excluding hydrogens is 255 g/mol. The molecule has 0 saturated heterocycles. The molecule has 0 aromatic carbocycles. The first-order chi connectivity index (χ1) is 6.85. The first kappa shape index (κ1) is 13.9. The van der Waals surface area contributed by atoms with Crippen molar-refractivity contribution in [1.29, 1.82) is 0 Å². The van der Waals surface area contributed by atoms with Crippen LogP contribution in [0, 0.1) is 0 Å². The van der Waals surface area contributed by atoms with Crippen LogP contribution in [0.5, 0.6) is 0 Å². The largest absolute Gasteiger partial charge is 0.479 e. The van der Waals surface area contributed by atoms with Gasteiger partial charge in [0.05, 0.1) is 12.8 Å². The van der Waals surface area contributed by atoms with Crippen LogP contribution in [0.4, 0.5) is 0 Å². The molecule has 0 amide bonds. The second kappa shape index (κ2) is 5.74. The summed E-state index contributed by atoms with van der Waals surface area (Å²) in [7, 11) is 0. The van der Waals surface area contributed by atoms with Gasteiger partial charge in [0.1, 0.15) is 23.7 Å². The third kappa shape index (κ3) is 4.32. The Labute approximate surface area is 93.8 Å². The number of aliphatic carboxylic acids is 1. The van der Waals surface area contributed by atoms with Crippen LogP contribution in [-0.2, 0) is 23.0 Å². The van der Waals surface area contributed by atoms with Gasteiger partial charge in [-0.1, -0.05) is 0 Å². The fraction of sp³-hybridized carbons (Fsp3) is 0.500. The van der Waals surface area contributed by atoms with Crippen molar-refractivity contribution in [3.8, 4) is 0 Å². The van der Waals surface area contributed by atoms with Crippen LogP contribution in [0.25, 0.3) is 0 Å². The zero-order valence-electron chi connectivity index (χ0n) is 7.11. The molecule has 0 saturated carbocycles. The van der Waals surface area contributed by atoms with E-state index >= 15 is 0 Å². The van der Waals surface area contributed by atoms with E-state index < -0.39 is 36.4 Å². The molecule has 0 aliphatic carbocycles. The van der Waals surface area contributed by atoms with E-state index in [0.29, 0.717) is 0 Å².